The number of halogens is 1. The van der Waals surface area contributed by atoms with Gasteiger partial charge >= 0.3 is 0 Å². The van der Waals surface area contributed by atoms with Gasteiger partial charge in [-0.25, -0.2) is 0 Å². The van der Waals surface area contributed by atoms with Crippen molar-refractivity contribution in [1.29, 1.82) is 0 Å². The molecule has 0 radical (unpaired) electrons. The number of hydrogen-bond donors (Lipinski definition) is 1. The molecule has 3 aromatic rings. The lowest BCUT2D eigenvalue weighted by atomic mass is 9.88. The molecule has 0 atom stereocenters. The van der Waals surface area contributed by atoms with Crippen LogP contribution in [0.5, 0.6) is 0 Å². The van der Waals surface area contributed by atoms with Gasteiger partial charge < -0.3 is 5.11 Å². The molecule has 1 aliphatic carbocycles. The van der Waals surface area contributed by atoms with Gasteiger partial charge in [0.25, 0.3) is 0 Å². The van der Waals surface area contributed by atoms with Gasteiger partial charge in [-0.3, -0.25) is 4.98 Å². The first-order valence-corrected chi connectivity index (χ1v) is 9.10. The number of benzene rings is 2. The molecule has 1 N–H and O–H groups in total. The van der Waals surface area contributed by atoms with Crippen LogP contribution in [0.4, 0.5) is 0 Å². The molecule has 25 heavy (non-hydrogen) atoms. The molecule has 0 unspecified atom stereocenters. The van der Waals surface area contributed by atoms with Crippen LogP contribution >= 0.6 is 11.6 Å². The maximum Gasteiger partial charge on any atom is 0.118 e. The predicted molar refractivity (Wildman–Crippen MR) is 105 cm³/mol. The lowest BCUT2D eigenvalue weighted by Gasteiger charge is -2.20. The van der Waals surface area contributed by atoms with Crippen LogP contribution in [0.15, 0.2) is 55.1 Å². The van der Waals surface area contributed by atoms with Crippen molar-refractivity contribution in [3.63, 3.8) is 0 Å². The van der Waals surface area contributed by atoms with Crippen molar-refractivity contribution in [3.8, 4) is 11.1 Å². The predicted octanol–water partition coefficient (Wildman–Crippen LogP) is 6.74. The first-order chi connectivity index (χ1) is 12.1. The van der Waals surface area contributed by atoms with Crippen LogP contribution < -0.4 is 0 Å². The average molecular weight is 350 g/mol. The molecule has 0 aliphatic heterocycles. The fraction of sp³-hybridized carbons (Fsp3) is 0.227. The van der Waals surface area contributed by atoms with Gasteiger partial charge in [0.2, 0.25) is 0 Å². The summed E-state index contributed by atoms with van der Waals surface area (Å²) in [5.74, 6) is 0.455. The Bertz CT molecular complexity index is 943. The van der Waals surface area contributed by atoms with Gasteiger partial charge in [0.05, 0.1) is 11.2 Å². The van der Waals surface area contributed by atoms with Crippen molar-refractivity contribution in [3.05, 3.63) is 71.4 Å². The molecule has 1 heterocycles. The maximum atomic E-state index is 10.5. The molecule has 0 spiro atoms. The third-order valence-electron chi connectivity index (χ3n) is 5.07. The van der Waals surface area contributed by atoms with Crippen LogP contribution in [0.25, 0.3) is 27.8 Å². The lowest BCUT2D eigenvalue weighted by Crippen LogP contribution is -2.05. The van der Waals surface area contributed by atoms with Crippen LogP contribution in [0.3, 0.4) is 0 Å². The highest BCUT2D eigenvalue weighted by molar-refractivity contribution is 6.31. The van der Waals surface area contributed by atoms with E-state index in [1.165, 1.54) is 12.8 Å². The van der Waals surface area contributed by atoms with E-state index in [2.05, 4.69) is 18.7 Å². The summed E-state index contributed by atoms with van der Waals surface area (Å²) in [6.07, 6.45) is 4.65. The number of hydrogen-bond acceptors (Lipinski definition) is 2. The third kappa shape index (κ3) is 2.91. The highest BCUT2D eigenvalue weighted by atomic mass is 35.5. The number of aromatic nitrogens is 1. The van der Waals surface area contributed by atoms with Gasteiger partial charge in [-0.2, -0.15) is 0 Å². The Hall–Kier alpha value is -2.32. The molecular formula is C22H20ClNO. The van der Waals surface area contributed by atoms with Crippen molar-refractivity contribution < 1.29 is 5.11 Å². The molecule has 3 heteroatoms. The molecule has 1 fully saturated rings. The molecule has 0 amide bonds. The van der Waals surface area contributed by atoms with Gasteiger partial charge in [0, 0.05) is 27.5 Å². The second-order valence-electron chi connectivity index (χ2n) is 6.70. The Morgan fingerprint density at radius 3 is 2.48 bits per heavy atom. The Morgan fingerprint density at radius 2 is 1.80 bits per heavy atom. The van der Waals surface area contributed by atoms with E-state index in [4.69, 9.17) is 16.6 Å². The molecular weight excluding hydrogens is 330 g/mol. The van der Waals surface area contributed by atoms with Crippen molar-refractivity contribution in [2.24, 2.45) is 0 Å². The molecule has 0 bridgehead atoms. The van der Waals surface area contributed by atoms with Crippen LogP contribution in [0, 0.1) is 0 Å². The summed E-state index contributed by atoms with van der Waals surface area (Å²) in [5, 5.41) is 12.1. The molecule has 1 aromatic heterocycles. The molecule has 2 nitrogen and oxygen atoms in total. The molecule has 126 valence electrons. The number of aliphatic hydroxyl groups excluding tert-OH is 1. The quantitative estimate of drug-likeness (QED) is 0.531. The van der Waals surface area contributed by atoms with Gasteiger partial charge in [0.1, 0.15) is 5.76 Å². The highest BCUT2D eigenvalue weighted by Crippen LogP contribution is 2.43. The third-order valence-corrected chi connectivity index (χ3v) is 5.30. The Morgan fingerprint density at radius 1 is 1.08 bits per heavy atom. The van der Waals surface area contributed by atoms with E-state index in [0.717, 1.165) is 46.1 Å². The number of fused-ring (bicyclic) bond motifs is 1. The first-order valence-electron chi connectivity index (χ1n) is 8.72. The zero-order valence-corrected chi connectivity index (χ0v) is 14.8. The maximum absolute atomic E-state index is 10.5. The van der Waals surface area contributed by atoms with Crippen LogP contribution in [0.1, 0.15) is 42.9 Å². The summed E-state index contributed by atoms with van der Waals surface area (Å²) < 4.78 is 0. The van der Waals surface area contributed by atoms with Crippen LogP contribution in [0.2, 0.25) is 5.02 Å². The minimum atomic E-state index is 0.0788. The Kier molecular flexibility index (Phi) is 4.22. The number of rotatable bonds is 3. The summed E-state index contributed by atoms with van der Waals surface area (Å²) in [4.78, 5) is 4.93. The minimum absolute atomic E-state index is 0.0788. The first kappa shape index (κ1) is 16.2. The van der Waals surface area contributed by atoms with Crippen LogP contribution in [-0.2, 0) is 0 Å². The zero-order valence-electron chi connectivity index (χ0n) is 14.0. The largest absolute Gasteiger partial charge is 0.508 e. The normalized spacial score (nSPS) is 14.9. The fourth-order valence-electron chi connectivity index (χ4n) is 3.95. The summed E-state index contributed by atoms with van der Waals surface area (Å²) in [5.41, 5.74) is 4.67. The van der Waals surface area contributed by atoms with Crippen LogP contribution in [-0.4, -0.2) is 10.1 Å². The van der Waals surface area contributed by atoms with E-state index < -0.39 is 0 Å². The lowest BCUT2D eigenvalue weighted by molar-refractivity contribution is 0.511. The highest BCUT2D eigenvalue weighted by Gasteiger charge is 2.26. The Labute approximate surface area is 152 Å². The molecule has 0 saturated heterocycles. The van der Waals surface area contributed by atoms with Crippen molar-refractivity contribution in [1.82, 2.24) is 4.98 Å². The zero-order chi connectivity index (χ0) is 17.4. The number of nitrogens with zero attached hydrogens (tertiary/aromatic N) is 1. The van der Waals surface area contributed by atoms with Crippen molar-refractivity contribution in [2.75, 3.05) is 0 Å². The Balaban J connectivity index is 2.11. The summed E-state index contributed by atoms with van der Waals surface area (Å²) >= 11 is 6.26. The van der Waals surface area contributed by atoms with Crippen molar-refractivity contribution >= 4 is 28.3 Å². The van der Waals surface area contributed by atoms with Gasteiger partial charge in [-0.05, 0) is 36.6 Å². The second-order valence-corrected chi connectivity index (χ2v) is 7.14. The number of pyridine rings is 1. The van der Waals surface area contributed by atoms with E-state index in [1.54, 1.807) is 0 Å². The molecule has 2 aromatic carbocycles. The smallest absolute Gasteiger partial charge is 0.118 e. The van der Waals surface area contributed by atoms with E-state index >= 15 is 0 Å². The van der Waals surface area contributed by atoms with E-state index in [0.29, 0.717) is 10.9 Å². The SMILES string of the molecule is C=C(O)c1c(C2CCCC2)nc2ccc(Cl)cc2c1-c1ccccc1. The number of aliphatic hydroxyl groups is 1. The minimum Gasteiger partial charge on any atom is -0.508 e. The average Bonchev–Trinajstić information content (AvgIpc) is 3.15. The molecule has 1 saturated carbocycles. The van der Waals surface area contributed by atoms with Gasteiger partial charge in [-0.15, -0.1) is 0 Å². The second kappa shape index (κ2) is 6.53. The van der Waals surface area contributed by atoms with E-state index in [9.17, 15) is 5.11 Å². The summed E-state index contributed by atoms with van der Waals surface area (Å²) in [7, 11) is 0. The topological polar surface area (TPSA) is 33.1 Å². The van der Waals surface area contributed by atoms with E-state index in [1.807, 2.05) is 36.4 Å². The van der Waals surface area contributed by atoms with Crippen molar-refractivity contribution in [2.45, 2.75) is 31.6 Å². The summed E-state index contributed by atoms with van der Waals surface area (Å²) in [6.45, 7) is 3.86. The van der Waals surface area contributed by atoms with E-state index in [-0.39, 0.29) is 5.76 Å². The monoisotopic (exact) mass is 349 g/mol. The van der Waals surface area contributed by atoms with Gasteiger partial charge in [0.15, 0.2) is 0 Å². The fourth-order valence-corrected chi connectivity index (χ4v) is 4.12. The molecule has 4 rings (SSSR count). The molecule has 1 aliphatic rings. The van der Waals surface area contributed by atoms with Gasteiger partial charge in [-0.1, -0.05) is 61.4 Å². The standard InChI is InChI=1S/C22H20ClNO/c1-14(25)20-21(15-7-3-2-4-8-15)18-13-17(23)11-12-19(18)24-22(20)16-9-5-6-10-16/h2-4,7-8,11-13,16,25H,1,5-6,9-10H2. The summed E-state index contributed by atoms with van der Waals surface area (Å²) in [6, 6.07) is 15.9.